The number of methoxy groups -OCH3 is 1. The van der Waals surface area contributed by atoms with Gasteiger partial charge in [-0.25, -0.2) is 0 Å². The summed E-state index contributed by atoms with van der Waals surface area (Å²) in [5.41, 5.74) is 1.33. The molecule has 1 aromatic rings. The van der Waals surface area contributed by atoms with E-state index in [1.165, 1.54) is 38.0 Å². The minimum absolute atomic E-state index is 0.582. The average Bonchev–Trinajstić information content (AvgIpc) is 2.96. The highest BCUT2D eigenvalue weighted by Crippen LogP contribution is 2.30. The Labute approximate surface area is 122 Å². The average molecular weight is 274 g/mol. The summed E-state index contributed by atoms with van der Waals surface area (Å²) in [7, 11) is 1.77. The molecule has 3 atom stereocenters. The van der Waals surface area contributed by atoms with E-state index < -0.39 is 0 Å². The van der Waals surface area contributed by atoms with E-state index in [9.17, 15) is 0 Å². The fourth-order valence-corrected chi connectivity index (χ4v) is 3.96. The highest BCUT2D eigenvalue weighted by Gasteiger charge is 2.36. The molecule has 0 saturated carbocycles. The lowest BCUT2D eigenvalue weighted by Crippen LogP contribution is -2.50. The SMILES string of the molecule is COc1ccccc1CC(C)N1CCCC2CNCC21. The molecule has 0 amide bonds. The van der Waals surface area contributed by atoms with Crippen molar-refractivity contribution < 1.29 is 4.74 Å². The second kappa shape index (κ2) is 6.15. The van der Waals surface area contributed by atoms with E-state index in [1.807, 2.05) is 6.07 Å². The van der Waals surface area contributed by atoms with Gasteiger partial charge in [0.25, 0.3) is 0 Å². The maximum Gasteiger partial charge on any atom is 0.122 e. The van der Waals surface area contributed by atoms with Crippen molar-refractivity contribution in [2.45, 2.75) is 38.3 Å². The largest absolute Gasteiger partial charge is 0.496 e. The number of para-hydroxylation sites is 1. The topological polar surface area (TPSA) is 24.5 Å². The predicted octanol–water partition coefficient (Wildman–Crippen LogP) is 2.31. The Kier molecular flexibility index (Phi) is 4.27. The first-order valence-corrected chi connectivity index (χ1v) is 7.88. The molecule has 2 aliphatic rings. The molecular weight excluding hydrogens is 248 g/mol. The van der Waals surface area contributed by atoms with Gasteiger partial charge in [0.1, 0.15) is 5.75 Å². The van der Waals surface area contributed by atoms with Crippen LogP contribution in [-0.2, 0) is 6.42 Å². The monoisotopic (exact) mass is 274 g/mol. The summed E-state index contributed by atoms with van der Waals surface area (Å²) in [4.78, 5) is 2.72. The molecule has 2 aliphatic heterocycles. The summed E-state index contributed by atoms with van der Waals surface area (Å²) in [6.45, 7) is 6.00. The van der Waals surface area contributed by atoms with Crippen LogP contribution in [0, 0.1) is 5.92 Å². The summed E-state index contributed by atoms with van der Waals surface area (Å²) in [6.07, 6.45) is 3.82. The summed E-state index contributed by atoms with van der Waals surface area (Å²) in [6, 6.07) is 9.75. The van der Waals surface area contributed by atoms with Crippen LogP contribution >= 0.6 is 0 Å². The summed E-state index contributed by atoms with van der Waals surface area (Å²) in [5.74, 6) is 1.89. The molecule has 0 spiro atoms. The van der Waals surface area contributed by atoms with Crippen LogP contribution in [-0.4, -0.2) is 43.7 Å². The Balaban J connectivity index is 1.70. The van der Waals surface area contributed by atoms with Crippen LogP contribution in [0.4, 0.5) is 0 Å². The first kappa shape index (κ1) is 13.9. The van der Waals surface area contributed by atoms with E-state index in [-0.39, 0.29) is 0 Å². The Morgan fingerprint density at radius 3 is 3.05 bits per heavy atom. The highest BCUT2D eigenvalue weighted by atomic mass is 16.5. The second-order valence-electron chi connectivity index (χ2n) is 6.23. The zero-order chi connectivity index (χ0) is 13.9. The number of hydrogen-bond acceptors (Lipinski definition) is 3. The first-order valence-electron chi connectivity index (χ1n) is 7.88. The lowest BCUT2D eigenvalue weighted by molar-refractivity contribution is 0.0846. The maximum absolute atomic E-state index is 5.49. The summed E-state index contributed by atoms with van der Waals surface area (Å²) < 4.78 is 5.49. The molecule has 0 aromatic heterocycles. The third-order valence-electron chi connectivity index (χ3n) is 5.00. The fraction of sp³-hybridized carbons (Fsp3) is 0.647. The lowest BCUT2D eigenvalue weighted by atomic mass is 9.90. The lowest BCUT2D eigenvalue weighted by Gasteiger charge is -2.41. The number of hydrogen-bond donors (Lipinski definition) is 1. The van der Waals surface area contributed by atoms with Gasteiger partial charge in [0.05, 0.1) is 7.11 Å². The van der Waals surface area contributed by atoms with Crippen molar-refractivity contribution in [3.63, 3.8) is 0 Å². The maximum atomic E-state index is 5.49. The van der Waals surface area contributed by atoms with Gasteiger partial charge in [-0.3, -0.25) is 4.90 Å². The molecule has 0 bridgehead atoms. The van der Waals surface area contributed by atoms with E-state index in [2.05, 4.69) is 35.3 Å². The molecule has 3 rings (SSSR count). The van der Waals surface area contributed by atoms with E-state index in [0.29, 0.717) is 6.04 Å². The van der Waals surface area contributed by atoms with Gasteiger partial charge in [0.15, 0.2) is 0 Å². The second-order valence-corrected chi connectivity index (χ2v) is 6.23. The van der Waals surface area contributed by atoms with Crippen LogP contribution in [0.5, 0.6) is 5.75 Å². The number of likely N-dealkylation sites (tertiary alicyclic amines) is 1. The molecule has 3 unspecified atom stereocenters. The van der Waals surface area contributed by atoms with Crippen LogP contribution in [0.1, 0.15) is 25.3 Å². The van der Waals surface area contributed by atoms with Gasteiger partial charge in [0, 0.05) is 18.6 Å². The van der Waals surface area contributed by atoms with Crippen LogP contribution in [0.15, 0.2) is 24.3 Å². The number of piperidine rings is 1. The van der Waals surface area contributed by atoms with Gasteiger partial charge in [-0.1, -0.05) is 18.2 Å². The van der Waals surface area contributed by atoms with Gasteiger partial charge in [-0.2, -0.15) is 0 Å². The van der Waals surface area contributed by atoms with Crippen molar-refractivity contribution in [1.82, 2.24) is 10.2 Å². The van der Waals surface area contributed by atoms with Gasteiger partial charge in [-0.15, -0.1) is 0 Å². The third kappa shape index (κ3) is 2.70. The van der Waals surface area contributed by atoms with Gasteiger partial charge >= 0.3 is 0 Å². The zero-order valence-corrected chi connectivity index (χ0v) is 12.6. The van der Waals surface area contributed by atoms with Crippen molar-refractivity contribution in [2.75, 3.05) is 26.7 Å². The third-order valence-corrected chi connectivity index (χ3v) is 5.00. The Hall–Kier alpha value is -1.06. The molecule has 3 nitrogen and oxygen atoms in total. The van der Waals surface area contributed by atoms with Crippen molar-refractivity contribution in [2.24, 2.45) is 5.92 Å². The number of rotatable bonds is 4. The van der Waals surface area contributed by atoms with Crippen LogP contribution in [0.3, 0.4) is 0 Å². The van der Waals surface area contributed by atoms with Gasteiger partial charge < -0.3 is 10.1 Å². The van der Waals surface area contributed by atoms with E-state index >= 15 is 0 Å². The molecule has 20 heavy (non-hydrogen) atoms. The van der Waals surface area contributed by atoms with E-state index in [0.717, 1.165) is 24.1 Å². The molecular formula is C17H26N2O. The zero-order valence-electron chi connectivity index (χ0n) is 12.6. The van der Waals surface area contributed by atoms with Crippen molar-refractivity contribution in [3.8, 4) is 5.75 Å². The number of nitrogens with zero attached hydrogens (tertiary/aromatic N) is 1. The molecule has 110 valence electrons. The predicted molar refractivity (Wildman–Crippen MR) is 82.2 cm³/mol. The first-order chi connectivity index (χ1) is 9.79. The summed E-state index contributed by atoms with van der Waals surface area (Å²) >= 11 is 0. The molecule has 1 aromatic carbocycles. The molecule has 2 fully saturated rings. The van der Waals surface area contributed by atoms with Crippen molar-refractivity contribution in [3.05, 3.63) is 29.8 Å². The minimum Gasteiger partial charge on any atom is -0.496 e. The van der Waals surface area contributed by atoms with Gasteiger partial charge in [0.2, 0.25) is 0 Å². The van der Waals surface area contributed by atoms with Crippen molar-refractivity contribution >= 4 is 0 Å². The van der Waals surface area contributed by atoms with Crippen LogP contribution in [0.25, 0.3) is 0 Å². The van der Waals surface area contributed by atoms with Crippen molar-refractivity contribution in [1.29, 1.82) is 0 Å². The Morgan fingerprint density at radius 1 is 1.35 bits per heavy atom. The van der Waals surface area contributed by atoms with Crippen LogP contribution < -0.4 is 10.1 Å². The molecule has 1 N–H and O–H groups in total. The molecule has 0 radical (unpaired) electrons. The Bertz CT molecular complexity index is 448. The minimum atomic E-state index is 0.582. The smallest absolute Gasteiger partial charge is 0.122 e. The molecule has 0 aliphatic carbocycles. The number of nitrogens with one attached hydrogen (secondary N) is 1. The molecule has 2 heterocycles. The highest BCUT2D eigenvalue weighted by molar-refractivity contribution is 5.33. The fourth-order valence-electron chi connectivity index (χ4n) is 3.96. The summed E-state index contributed by atoms with van der Waals surface area (Å²) in [5, 5.41) is 3.57. The number of fused-ring (bicyclic) bond motifs is 1. The van der Waals surface area contributed by atoms with Gasteiger partial charge in [-0.05, 0) is 56.8 Å². The van der Waals surface area contributed by atoms with Crippen LogP contribution in [0.2, 0.25) is 0 Å². The standard InChI is InChI=1S/C17H26N2O/c1-13(10-14-6-3-4-8-17(14)20-2)19-9-5-7-15-11-18-12-16(15)19/h3-4,6,8,13,15-16,18H,5,7,9-12H2,1-2H3. The number of benzene rings is 1. The quantitative estimate of drug-likeness (QED) is 0.912. The number of ether oxygens (including phenoxy) is 1. The molecule has 3 heteroatoms. The van der Waals surface area contributed by atoms with E-state index in [1.54, 1.807) is 7.11 Å². The normalized spacial score (nSPS) is 28.1. The Morgan fingerprint density at radius 2 is 2.20 bits per heavy atom. The molecule has 2 saturated heterocycles. The van der Waals surface area contributed by atoms with E-state index in [4.69, 9.17) is 4.74 Å².